The van der Waals surface area contributed by atoms with E-state index in [1.807, 2.05) is 29.3 Å². The summed E-state index contributed by atoms with van der Waals surface area (Å²) < 4.78 is 1.39. The molecule has 0 amide bonds. The quantitative estimate of drug-likeness (QED) is 0.255. The molecule has 2 aliphatic rings. The highest BCUT2D eigenvalue weighted by molar-refractivity contribution is 8.03. The number of fused-ring (bicyclic) bond motifs is 3. The first kappa shape index (κ1) is 27.7. The number of hydrogen-bond acceptors (Lipinski definition) is 3. The van der Waals surface area contributed by atoms with E-state index in [1.54, 1.807) is 0 Å². The van der Waals surface area contributed by atoms with Gasteiger partial charge >= 0.3 is 0 Å². The third-order valence-corrected chi connectivity index (χ3v) is 10.2. The summed E-state index contributed by atoms with van der Waals surface area (Å²) in [5.74, 6) is 0. The van der Waals surface area contributed by atoms with Gasteiger partial charge in [0.15, 0.2) is 0 Å². The minimum Gasteiger partial charge on any atom is -0.257 e. The molecule has 0 saturated heterocycles. The van der Waals surface area contributed by atoms with Gasteiger partial charge in [-0.3, -0.25) is 4.99 Å². The molecular weight excluding hydrogens is 511 g/mol. The summed E-state index contributed by atoms with van der Waals surface area (Å²) in [7, 11) is 0. The molecule has 0 aliphatic heterocycles. The SMILES string of the molecule is CCC\C=C/N=C(\C=C(/C)c1ccc2sc3c(c2c1)C=CCC3)c1ccc(SC2=C(C)C=CCCC2)c(C)c1. The number of aliphatic imine (C=N–C) groups is 1. The van der Waals surface area contributed by atoms with Gasteiger partial charge in [0.25, 0.3) is 0 Å². The molecule has 0 radical (unpaired) electrons. The summed E-state index contributed by atoms with van der Waals surface area (Å²) in [6.45, 7) is 8.90. The van der Waals surface area contributed by atoms with E-state index >= 15 is 0 Å². The van der Waals surface area contributed by atoms with Gasteiger partial charge < -0.3 is 0 Å². The van der Waals surface area contributed by atoms with E-state index in [9.17, 15) is 0 Å². The van der Waals surface area contributed by atoms with Crippen LogP contribution in [0, 0.1) is 6.92 Å². The lowest BCUT2D eigenvalue weighted by atomic mass is 9.98. The van der Waals surface area contributed by atoms with Crippen LogP contribution in [0.1, 0.15) is 86.4 Å². The van der Waals surface area contributed by atoms with Crippen molar-refractivity contribution in [3.05, 3.63) is 111 Å². The first-order valence-electron chi connectivity index (χ1n) is 14.3. The van der Waals surface area contributed by atoms with E-state index in [0.29, 0.717) is 0 Å². The van der Waals surface area contributed by atoms with E-state index in [1.165, 1.54) is 71.0 Å². The molecule has 3 heteroatoms. The maximum Gasteiger partial charge on any atom is 0.0704 e. The van der Waals surface area contributed by atoms with Crippen molar-refractivity contribution in [2.24, 2.45) is 4.99 Å². The van der Waals surface area contributed by atoms with Crippen LogP contribution in [-0.4, -0.2) is 5.71 Å². The minimum absolute atomic E-state index is 1.01. The summed E-state index contributed by atoms with van der Waals surface area (Å²) >= 11 is 3.89. The fourth-order valence-electron chi connectivity index (χ4n) is 5.17. The molecule has 0 saturated carbocycles. The number of allylic oxidation sites excluding steroid dienone is 8. The Labute approximate surface area is 242 Å². The Balaban J connectivity index is 1.47. The van der Waals surface area contributed by atoms with Gasteiger partial charge in [-0.15, -0.1) is 11.3 Å². The topological polar surface area (TPSA) is 12.4 Å². The number of unbranched alkanes of at least 4 members (excludes halogenated alkanes) is 1. The molecule has 3 aromatic rings. The number of rotatable bonds is 8. The normalized spacial score (nSPS) is 16.4. The Morgan fingerprint density at radius 3 is 2.69 bits per heavy atom. The summed E-state index contributed by atoms with van der Waals surface area (Å²) in [4.78, 5) is 9.31. The maximum absolute atomic E-state index is 4.96. The molecule has 1 aromatic heterocycles. The van der Waals surface area contributed by atoms with Crippen molar-refractivity contribution in [2.45, 2.75) is 77.5 Å². The number of thioether (sulfide) groups is 1. The van der Waals surface area contributed by atoms with Crippen LogP contribution in [0.4, 0.5) is 0 Å². The van der Waals surface area contributed by atoms with Crippen LogP contribution in [0.2, 0.25) is 0 Å². The molecule has 1 nitrogen and oxygen atoms in total. The van der Waals surface area contributed by atoms with Gasteiger partial charge in [0.05, 0.1) is 5.71 Å². The fourth-order valence-corrected chi connectivity index (χ4v) is 7.46. The highest BCUT2D eigenvalue weighted by atomic mass is 32.2. The van der Waals surface area contributed by atoms with Gasteiger partial charge in [-0.25, -0.2) is 0 Å². The minimum atomic E-state index is 1.01. The Kier molecular flexibility index (Phi) is 9.21. The van der Waals surface area contributed by atoms with Crippen molar-refractivity contribution in [1.82, 2.24) is 0 Å². The predicted molar refractivity (Wildman–Crippen MR) is 176 cm³/mol. The van der Waals surface area contributed by atoms with Crippen molar-refractivity contribution >= 4 is 50.5 Å². The largest absolute Gasteiger partial charge is 0.257 e. The van der Waals surface area contributed by atoms with Crippen molar-refractivity contribution in [3.8, 4) is 0 Å². The van der Waals surface area contributed by atoms with E-state index in [2.05, 4.69) is 101 Å². The lowest BCUT2D eigenvalue weighted by Gasteiger charge is -2.12. The standard InChI is InChI=1S/C36H39NS2/c1-5-6-12-21-37-32(29-18-19-34(27(4)22-29)38-33-15-9-7-8-13-25(33)2)23-26(3)28-17-20-36-31(24-28)30-14-10-11-16-35(30)39-36/h8,10,12-14,17-24H,5-7,9,11,15-16H2,1-4H3/b21-12-,26-23+,37-32+. The number of benzene rings is 2. The van der Waals surface area contributed by atoms with Crippen LogP contribution in [0.5, 0.6) is 0 Å². The highest BCUT2D eigenvalue weighted by Crippen LogP contribution is 2.38. The first-order valence-corrected chi connectivity index (χ1v) is 16.0. The molecule has 5 rings (SSSR count). The molecule has 0 spiro atoms. The number of nitrogens with zero attached hydrogens (tertiary/aromatic N) is 1. The van der Waals surface area contributed by atoms with Crippen LogP contribution in [-0.2, 0) is 6.42 Å². The van der Waals surface area contributed by atoms with Gasteiger partial charge in [0.1, 0.15) is 0 Å². The molecule has 0 bridgehead atoms. The van der Waals surface area contributed by atoms with Crippen LogP contribution >= 0.6 is 23.1 Å². The van der Waals surface area contributed by atoms with Gasteiger partial charge in [0.2, 0.25) is 0 Å². The third kappa shape index (κ3) is 6.65. The Morgan fingerprint density at radius 2 is 1.85 bits per heavy atom. The molecular formula is C36H39NS2. The molecule has 0 N–H and O–H groups in total. The summed E-state index contributed by atoms with van der Waals surface area (Å²) in [6.07, 6.45) is 23.7. The summed E-state index contributed by atoms with van der Waals surface area (Å²) in [6, 6.07) is 13.8. The van der Waals surface area contributed by atoms with Crippen molar-refractivity contribution in [2.75, 3.05) is 0 Å². The average Bonchev–Trinajstić information content (AvgIpc) is 3.20. The Hall–Kier alpha value is -2.88. The van der Waals surface area contributed by atoms with E-state index in [-0.39, 0.29) is 0 Å². The molecule has 0 atom stereocenters. The molecule has 39 heavy (non-hydrogen) atoms. The van der Waals surface area contributed by atoms with Crippen LogP contribution in [0.25, 0.3) is 21.7 Å². The van der Waals surface area contributed by atoms with Crippen molar-refractivity contribution in [3.63, 3.8) is 0 Å². The molecule has 1 heterocycles. The highest BCUT2D eigenvalue weighted by Gasteiger charge is 2.14. The number of thiophene rings is 1. The van der Waals surface area contributed by atoms with Crippen LogP contribution in [0.15, 0.2) is 93.3 Å². The third-order valence-electron chi connectivity index (χ3n) is 7.49. The second-order valence-corrected chi connectivity index (χ2v) is 12.9. The smallest absolute Gasteiger partial charge is 0.0704 e. The van der Waals surface area contributed by atoms with Gasteiger partial charge in [-0.2, -0.15) is 0 Å². The van der Waals surface area contributed by atoms with Crippen molar-refractivity contribution in [1.29, 1.82) is 0 Å². The Bertz CT molecular complexity index is 1540. The lowest BCUT2D eigenvalue weighted by Crippen LogP contribution is -1.99. The lowest BCUT2D eigenvalue weighted by molar-refractivity contribution is 0.866. The van der Waals surface area contributed by atoms with E-state index < -0.39 is 0 Å². The molecule has 200 valence electrons. The average molecular weight is 550 g/mol. The first-order chi connectivity index (χ1) is 19.0. The predicted octanol–water partition coefficient (Wildman–Crippen LogP) is 11.5. The monoisotopic (exact) mass is 549 g/mol. The molecule has 2 aliphatic carbocycles. The number of hydrogen-bond donors (Lipinski definition) is 0. The maximum atomic E-state index is 4.96. The zero-order valence-electron chi connectivity index (χ0n) is 23.7. The zero-order valence-corrected chi connectivity index (χ0v) is 25.4. The van der Waals surface area contributed by atoms with Gasteiger partial charge in [-0.1, -0.05) is 67.6 Å². The Morgan fingerprint density at radius 1 is 1.00 bits per heavy atom. The fraction of sp³-hybridized carbons (Fsp3) is 0.306. The van der Waals surface area contributed by atoms with Gasteiger partial charge in [-0.05, 0) is 122 Å². The second kappa shape index (κ2) is 13.0. The summed E-state index contributed by atoms with van der Waals surface area (Å²) in [5, 5.41) is 1.38. The van der Waals surface area contributed by atoms with Crippen LogP contribution in [0.3, 0.4) is 0 Å². The zero-order chi connectivity index (χ0) is 27.2. The second-order valence-electron chi connectivity index (χ2n) is 10.6. The van der Waals surface area contributed by atoms with Crippen molar-refractivity contribution < 1.29 is 0 Å². The molecule has 0 fully saturated rings. The molecule has 2 aromatic carbocycles. The molecule has 0 unspecified atom stereocenters. The summed E-state index contributed by atoms with van der Waals surface area (Å²) in [5.41, 5.74) is 8.81. The van der Waals surface area contributed by atoms with E-state index in [4.69, 9.17) is 4.99 Å². The number of aryl methyl sites for hydroxylation is 2. The van der Waals surface area contributed by atoms with E-state index in [0.717, 1.165) is 37.8 Å². The van der Waals surface area contributed by atoms with Gasteiger partial charge in [0, 0.05) is 31.6 Å². The van der Waals surface area contributed by atoms with Crippen LogP contribution < -0.4 is 0 Å².